The Bertz CT molecular complexity index is 579. The summed E-state index contributed by atoms with van der Waals surface area (Å²) in [7, 11) is 3.25. The zero-order valence-electron chi connectivity index (χ0n) is 10.8. The number of benzene rings is 1. The number of thiophene rings is 1. The zero-order valence-corrected chi connectivity index (χ0v) is 11.6. The molecule has 0 bridgehead atoms. The van der Waals surface area contributed by atoms with Crippen LogP contribution in [0.15, 0.2) is 29.6 Å². The maximum Gasteiger partial charge on any atom is 0.128 e. The molecule has 0 atom stereocenters. The smallest absolute Gasteiger partial charge is 0.128 e. The summed E-state index contributed by atoms with van der Waals surface area (Å²) >= 11 is 1.43. The van der Waals surface area contributed by atoms with Gasteiger partial charge in [0, 0.05) is 12.6 Å². The Morgan fingerprint density at radius 2 is 1.89 bits per heavy atom. The van der Waals surface area contributed by atoms with E-state index in [0.29, 0.717) is 11.4 Å². The Morgan fingerprint density at radius 3 is 2.47 bits per heavy atom. The van der Waals surface area contributed by atoms with E-state index in [-0.39, 0.29) is 0 Å². The zero-order chi connectivity index (χ0) is 13.7. The summed E-state index contributed by atoms with van der Waals surface area (Å²) < 4.78 is 10.4. The number of nitrogens with zero attached hydrogens (tertiary/aromatic N) is 1. The van der Waals surface area contributed by atoms with Crippen molar-refractivity contribution in [3.63, 3.8) is 0 Å². The van der Waals surface area contributed by atoms with E-state index in [9.17, 15) is 0 Å². The molecule has 0 unspecified atom stereocenters. The van der Waals surface area contributed by atoms with E-state index < -0.39 is 0 Å². The van der Waals surface area contributed by atoms with Crippen molar-refractivity contribution in [2.45, 2.75) is 6.54 Å². The quantitative estimate of drug-likeness (QED) is 0.909. The summed E-state index contributed by atoms with van der Waals surface area (Å²) in [5.41, 5.74) is 1.89. The molecule has 2 aromatic rings. The van der Waals surface area contributed by atoms with Gasteiger partial charge < -0.3 is 14.8 Å². The number of hydrogen-bond donors (Lipinski definition) is 1. The standard InChI is InChI=1S/C14H14N2O2S/c1-17-11-5-10(6-12(7-11)18-2)9-16-13-3-4-19-14(13)8-15/h3-7,16H,9H2,1-2H3. The molecule has 2 rings (SSSR count). The minimum atomic E-state index is 0.610. The first-order chi connectivity index (χ1) is 9.26. The van der Waals surface area contributed by atoms with E-state index in [4.69, 9.17) is 14.7 Å². The molecule has 0 aliphatic carbocycles. The van der Waals surface area contributed by atoms with Crippen molar-refractivity contribution < 1.29 is 9.47 Å². The van der Waals surface area contributed by atoms with Crippen molar-refractivity contribution >= 4 is 17.0 Å². The van der Waals surface area contributed by atoms with E-state index in [1.54, 1.807) is 14.2 Å². The first kappa shape index (κ1) is 13.2. The van der Waals surface area contributed by atoms with Crippen molar-refractivity contribution in [2.75, 3.05) is 19.5 Å². The molecule has 0 fully saturated rings. The van der Waals surface area contributed by atoms with Gasteiger partial charge in [0.15, 0.2) is 0 Å². The third-order valence-electron chi connectivity index (χ3n) is 2.66. The molecular formula is C14H14N2O2S. The van der Waals surface area contributed by atoms with Crippen LogP contribution in [0, 0.1) is 11.3 Å². The first-order valence-corrected chi connectivity index (χ1v) is 6.58. The van der Waals surface area contributed by atoms with Crippen LogP contribution in [-0.4, -0.2) is 14.2 Å². The molecule has 0 saturated carbocycles. The highest BCUT2D eigenvalue weighted by Crippen LogP contribution is 2.25. The monoisotopic (exact) mass is 274 g/mol. The number of anilines is 1. The van der Waals surface area contributed by atoms with Crippen molar-refractivity contribution in [3.05, 3.63) is 40.1 Å². The Balaban J connectivity index is 2.13. The fourth-order valence-corrected chi connectivity index (χ4v) is 2.36. The molecule has 19 heavy (non-hydrogen) atoms. The van der Waals surface area contributed by atoms with Gasteiger partial charge in [0.25, 0.3) is 0 Å². The highest BCUT2D eigenvalue weighted by molar-refractivity contribution is 7.11. The molecule has 4 nitrogen and oxygen atoms in total. The molecule has 0 radical (unpaired) electrons. The molecule has 0 aliphatic heterocycles. The third kappa shape index (κ3) is 3.18. The average molecular weight is 274 g/mol. The third-order valence-corrected chi connectivity index (χ3v) is 3.48. The number of rotatable bonds is 5. The average Bonchev–Trinajstić information content (AvgIpc) is 2.92. The highest BCUT2D eigenvalue weighted by Gasteiger charge is 2.05. The lowest BCUT2D eigenvalue weighted by molar-refractivity contribution is 0.393. The summed E-state index contributed by atoms with van der Waals surface area (Å²) in [5.74, 6) is 1.50. The summed E-state index contributed by atoms with van der Waals surface area (Å²) in [5, 5.41) is 14.1. The van der Waals surface area contributed by atoms with Crippen LogP contribution in [0.2, 0.25) is 0 Å². The lowest BCUT2D eigenvalue weighted by Crippen LogP contribution is -2.00. The Kier molecular flexibility index (Phi) is 4.26. The highest BCUT2D eigenvalue weighted by atomic mass is 32.1. The van der Waals surface area contributed by atoms with Gasteiger partial charge in [0.2, 0.25) is 0 Å². The van der Waals surface area contributed by atoms with Crippen molar-refractivity contribution in [1.29, 1.82) is 5.26 Å². The number of nitriles is 1. The van der Waals surface area contributed by atoms with Crippen LogP contribution in [-0.2, 0) is 6.54 Å². The fourth-order valence-electron chi connectivity index (χ4n) is 1.70. The van der Waals surface area contributed by atoms with E-state index in [0.717, 1.165) is 22.7 Å². The fraction of sp³-hybridized carbons (Fsp3) is 0.214. The van der Waals surface area contributed by atoms with Crippen LogP contribution >= 0.6 is 11.3 Å². The molecule has 98 valence electrons. The summed E-state index contributed by atoms with van der Waals surface area (Å²) in [6, 6.07) is 9.77. The van der Waals surface area contributed by atoms with E-state index in [1.165, 1.54) is 11.3 Å². The van der Waals surface area contributed by atoms with E-state index in [2.05, 4.69) is 11.4 Å². The molecule has 1 heterocycles. The number of ether oxygens (including phenoxy) is 2. The van der Waals surface area contributed by atoms with Gasteiger partial charge in [-0.2, -0.15) is 5.26 Å². The second kappa shape index (κ2) is 6.12. The lowest BCUT2D eigenvalue weighted by atomic mass is 10.2. The summed E-state index contributed by atoms with van der Waals surface area (Å²) in [6.45, 7) is 0.610. The van der Waals surface area contributed by atoms with Crippen LogP contribution in [0.3, 0.4) is 0 Å². The van der Waals surface area contributed by atoms with Crippen LogP contribution in [0.25, 0.3) is 0 Å². The molecule has 1 N–H and O–H groups in total. The van der Waals surface area contributed by atoms with Gasteiger partial charge in [-0.3, -0.25) is 0 Å². The normalized spacial score (nSPS) is 9.74. The van der Waals surface area contributed by atoms with E-state index >= 15 is 0 Å². The molecule has 5 heteroatoms. The molecule has 1 aromatic carbocycles. The molecule has 0 saturated heterocycles. The molecular weight excluding hydrogens is 260 g/mol. The largest absolute Gasteiger partial charge is 0.497 e. The predicted octanol–water partition coefficient (Wildman–Crippen LogP) is 3.25. The number of methoxy groups -OCH3 is 2. The second-order valence-corrected chi connectivity index (χ2v) is 4.77. The van der Waals surface area contributed by atoms with Crippen molar-refractivity contribution in [2.24, 2.45) is 0 Å². The molecule has 0 amide bonds. The van der Waals surface area contributed by atoms with Gasteiger partial charge in [-0.05, 0) is 29.1 Å². The summed E-state index contributed by atoms with van der Waals surface area (Å²) in [6.07, 6.45) is 0. The van der Waals surface area contributed by atoms with Gasteiger partial charge in [-0.15, -0.1) is 11.3 Å². The summed E-state index contributed by atoms with van der Waals surface area (Å²) in [4.78, 5) is 0.690. The van der Waals surface area contributed by atoms with Gasteiger partial charge in [-0.25, -0.2) is 0 Å². The predicted molar refractivity (Wildman–Crippen MR) is 75.9 cm³/mol. The van der Waals surface area contributed by atoms with E-state index in [1.807, 2.05) is 29.6 Å². The van der Waals surface area contributed by atoms with Gasteiger partial charge >= 0.3 is 0 Å². The van der Waals surface area contributed by atoms with Crippen LogP contribution in [0.5, 0.6) is 11.5 Å². The second-order valence-electron chi connectivity index (χ2n) is 3.85. The van der Waals surface area contributed by atoms with Gasteiger partial charge in [0.05, 0.1) is 19.9 Å². The minimum Gasteiger partial charge on any atom is -0.497 e. The topological polar surface area (TPSA) is 54.3 Å². The Labute approximate surface area is 116 Å². The lowest BCUT2D eigenvalue weighted by Gasteiger charge is -2.09. The minimum absolute atomic E-state index is 0.610. The number of nitrogens with one attached hydrogen (secondary N) is 1. The van der Waals surface area contributed by atoms with Crippen LogP contribution < -0.4 is 14.8 Å². The van der Waals surface area contributed by atoms with Gasteiger partial charge in [0.1, 0.15) is 22.4 Å². The maximum atomic E-state index is 8.95. The SMILES string of the molecule is COc1cc(CNc2ccsc2C#N)cc(OC)c1. The van der Waals surface area contributed by atoms with Crippen molar-refractivity contribution in [3.8, 4) is 17.6 Å². The van der Waals surface area contributed by atoms with Crippen LogP contribution in [0.4, 0.5) is 5.69 Å². The van der Waals surface area contributed by atoms with Crippen LogP contribution in [0.1, 0.15) is 10.4 Å². The Morgan fingerprint density at radius 1 is 1.21 bits per heavy atom. The molecule has 0 aliphatic rings. The Hall–Kier alpha value is -2.19. The van der Waals surface area contributed by atoms with Crippen molar-refractivity contribution in [1.82, 2.24) is 0 Å². The van der Waals surface area contributed by atoms with Gasteiger partial charge in [-0.1, -0.05) is 0 Å². The maximum absolute atomic E-state index is 8.95. The number of hydrogen-bond acceptors (Lipinski definition) is 5. The molecule has 0 spiro atoms. The molecule has 1 aromatic heterocycles. The first-order valence-electron chi connectivity index (χ1n) is 5.70.